The topological polar surface area (TPSA) is 221 Å². The highest BCUT2D eigenvalue weighted by molar-refractivity contribution is 5.93. The SMILES string of the molecule is C[C@H]1OCC[C@H]1n1c(Cc2cc(F)c(-c3cccc(OCc4ccc(C#N)cc4F)n3)cc2F)nc2ccc(C(=O)O)cc21.C[C@H]1OCC[C@H]1n1c(Cc2cc(F)c(-c3cccc(OCc4ccc(C#N)cc4F)n3)cc2F)nc2ccc(C(=O)O)cc21. The van der Waals surface area contributed by atoms with Crippen molar-refractivity contribution in [2.75, 3.05) is 13.2 Å². The fourth-order valence-electron chi connectivity index (χ4n) is 10.9. The molecule has 0 spiro atoms. The van der Waals surface area contributed by atoms with E-state index < -0.39 is 46.8 Å². The van der Waals surface area contributed by atoms with Gasteiger partial charge in [-0.2, -0.15) is 10.5 Å². The van der Waals surface area contributed by atoms with Gasteiger partial charge in [-0.1, -0.05) is 24.3 Å². The second-order valence-electron chi connectivity index (χ2n) is 21.0. The summed E-state index contributed by atoms with van der Waals surface area (Å²) >= 11 is 0. The van der Waals surface area contributed by atoms with E-state index in [9.17, 15) is 28.6 Å². The van der Waals surface area contributed by atoms with Gasteiger partial charge in [0.25, 0.3) is 0 Å². The van der Waals surface area contributed by atoms with E-state index >= 15 is 17.6 Å². The Morgan fingerprint density at radius 2 is 0.932 bits per heavy atom. The Labute approximate surface area is 498 Å². The van der Waals surface area contributed by atoms with Gasteiger partial charge in [0, 0.05) is 60.4 Å². The molecule has 2 aliphatic rings. The van der Waals surface area contributed by atoms with Gasteiger partial charge in [-0.3, -0.25) is 0 Å². The van der Waals surface area contributed by atoms with Crippen molar-refractivity contribution in [3.05, 3.63) is 225 Å². The van der Waals surface area contributed by atoms with Gasteiger partial charge < -0.3 is 38.3 Å². The molecule has 0 amide bonds. The summed E-state index contributed by atoms with van der Waals surface area (Å²) in [6.07, 6.45) is 0.866. The van der Waals surface area contributed by atoms with Gasteiger partial charge in [0.1, 0.15) is 59.8 Å². The summed E-state index contributed by atoms with van der Waals surface area (Å²) in [6.45, 7) is 4.50. The molecule has 2 aliphatic heterocycles. The molecule has 2 saturated heterocycles. The van der Waals surface area contributed by atoms with E-state index in [2.05, 4.69) is 19.9 Å². The number of halogens is 6. The number of imidazole rings is 2. The van der Waals surface area contributed by atoms with Gasteiger partial charge in [-0.05, 0) is 135 Å². The van der Waals surface area contributed by atoms with Crippen LogP contribution in [0.15, 0.2) is 133 Å². The first-order valence-corrected chi connectivity index (χ1v) is 27.7. The quantitative estimate of drug-likeness (QED) is 0.0860. The number of ether oxygens (including phenoxy) is 4. The molecular formula is C66H50F6N8O8. The number of aromatic nitrogens is 6. The van der Waals surface area contributed by atoms with Crippen LogP contribution in [-0.2, 0) is 35.5 Å². The number of hydrogen-bond donors (Lipinski definition) is 2. The van der Waals surface area contributed by atoms with E-state index in [1.165, 1.54) is 72.8 Å². The Morgan fingerprint density at radius 3 is 1.30 bits per heavy atom. The first-order valence-electron chi connectivity index (χ1n) is 27.7. The fourth-order valence-corrected chi connectivity index (χ4v) is 10.9. The van der Waals surface area contributed by atoms with Crippen LogP contribution in [0.4, 0.5) is 26.3 Å². The van der Waals surface area contributed by atoms with Gasteiger partial charge in [-0.25, -0.2) is 55.9 Å². The Bertz CT molecular complexity index is 4180. The van der Waals surface area contributed by atoms with Gasteiger partial charge in [0.15, 0.2) is 0 Å². The molecule has 10 aromatic rings. The molecule has 12 rings (SSSR count). The molecule has 444 valence electrons. The normalized spacial score (nSPS) is 16.2. The number of carbonyl (C=O) groups is 2. The summed E-state index contributed by atoms with van der Waals surface area (Å²) in [5.41, 5.74) is 3.44. The van der Waals surface area contributed by atoms with Crippen molar-refractivity contribution >= 4 is 34.0 Å². The monoisotopic (exact) mass is 1200 g/mol. The lowest BCUT2D eigenvalue weighted by Gasteiger charge is -2.20. The van der Waals surface area contributed by atoms with Crippen molar-refractivity contribution in [2.24, 2.45) is 0 Å². The molecule has 2 fully saturated rings. The highest BCUT2D eigenvalue weighted by atomic mass is 19.1. The highest BCUT2D eigenvalue weighted by Crippen LogP contribution is 2.37. The van der Waals surface area contributed by atoms with Gasteiger partial charge >= 0.3 is 11.9 Å². The van der Waals surface area contributed by atoms with Crippen LogP contribution in [0.1, 0.15) is 105 Å². The first kappa shape index (κ1) is 59.3. The zero-order valence-corrected chi connectivity index (χ0v) is 46.9. The Morgan fingerprint density at radius 1 is 0.523 bits per heavy atom. The summed E-state index contributed by atoms with van der Waals surface area (Å²) in [5.74, 6) is -5.05. The number of carboxylic acids is 2. The number of benzene rings is 6. The maximum Gasteiger partial charge on any atom is 0.335 e. The lowest BCUT2D eigenvalue weighted by molar-refractivity contribution is 0.0686. The van der Waals surface area contributed by atoms with Crippen LogP contribution in [-0.4, -0.2) is 76.6 Å². The van der Waals surface area contributed by atoms with Gasteiger partial charge in [0.05, 0.1) is 92.1 Å². The summed E-state index contributed by atoms with van der Waals surface area (Å²) in [4.78, 5) is 41.2. The minimum atomic E-state index is -1.08. The Kier molecular flexibility index (Phi) is 17.0. The minimum absolute atomic E-state index is 0.0456. The van der Waals surface area contributed by atoms with E-state index in [1.54, 1.807) is 24.3 Å². The van der Waals surface area contributed by atoms with Crippen LogP contribution in [0.25, 0.3) is 44.6 Å². The molecule has 0 bridgehead atoms. The lowest BCUT2D eigenvalue weighted by Crippen LogP contribution is -2.19. The van der Waals surface area contributed by atoms with Crippen molar-refractivity contribution < 1.29 is 65.1 Å². The second kappa shape index (κ2) is 25.3. The molecule has 0 unspecified atom stereocenters. The van der Waals surface area contributed by atoms with Crippen molar-refractivity contribution in [1.29, 1.82) is 10.5 Å². The molecule has 2 N–H and O–H groups in total. The summed E-state index contributed by atoms with van der Waals surface area (Å²) < 4.78 is 117. The molecular weight excluding hydrogens is 1150 g/mol. The van der Waals surface area contributed by atoms with E-state index in [0.29, 0.717) is 59.8 Å². The zero-order valence-electron chi connectivity index (χ0n) is 46.9. The average molecular weight is 1200 g/mol. The van der Waals surface area contributed by atoms with Crippen molar-refractivity contribution in [1.82, 2.24) is 29.1 Å². The smallest absolute Gasteiger partial charge is 0.335 e. The predicted molar refractivity (Wildman–Crippen MR) is 307 cm³/mol. The van der Waals surface area contributed by atoms with Crippen LogP contribution >= 0.6 is 0 Å². The number of pyridine rings is 2. The van der Waals surface area contributed by atoms with Crippen molar-refractivity contribution in [2.45, 2.75) is 77.0 Å². The zero-order chi connectivity index (χ0) is 61.9. The maximum absolute atomic E-state index is 15.6. The van der Waals surface area contributed by atoms with E-state index in [1.807, 2.05) is 35.1 Å². The van der Waals surface area contributed by atoms with Crippen LogP contribution in [0.2, 0.25) is 0 Å². The Balaban J connectivity index is 0.000000182. The number of nitriles is 2. The second-order valence-corrected chi connectivity index (χ2v) is 21.0. The number of hydrogen-bond acceptors (Lipinski definition) is 12. The predicted octanol–water partition coefficient (Wildman–Crippen LogP) is 13.2. The molecule has 0 radical (unpaired) electrons. The number of fused-ring (bicyclic) bond motifs is 2. The lowest BCUT2D eigenvalue weighted by atomic mass is 10.0. The van der Waals surface area contributed by atoms with E-state index in [-0.39, 0.29) is 129 Å². The molecule has 0 saturated carbocycles. The molecule has 88 heavy (non-hydrogen) atoms. The molecule has 16 nitrogen and oxygen atoms in total. The third kappa shape index (κ3) is 12.5. The Hall–Kier alpha value is -10.4. The largest absolute Gasteiger partial charge is 0.478 e. The molecule has 4 aromatic heterocycles. The van der Waals surface area contributed by atoms with Crippen LogP contribution in [0, 0.1) is 57.6 Å². The molecule has 4 atom stereocenters. The maximum atomic E-state index is 15.6. The summed E-state index contributed by atoms with van der Waals surface area (Å²) in [6, 6.07) is 34.1. The van der Waals surface area contributed by atoms with Crippen LogP contribution in [0.3, 0.4) is 0 Å². The third-order valence-electron chi connectivity index (χ3n) is 15.4. The van der Waals surface area contributed by atoms with Gasteiger partial charge in [0.2, 0.25) is 11.8 Å². The first-order chi connectivity index (χ1) is 42.4. The third-order valence-corrected chi connectivity index (χ3v) is 15.4. The molecule has 6 heterocycles. The highest BCUT2D eigenvalue weighted by Gasteiger charge is 2.32. The fraction of sp³-hybridized carbons (Fsp3) is 0.212. The van der Waals surface area contributed by atoms with Crippen LogP contribution in [0.5, 0.6) is 11.8 Å². The van der Waals surface area contributed by atoms with E-state index in [0.717, 1.165) is 36.4 Å². The standard InChI is InChI=1S/2C33H25F3N4O4/c2*1-18-29(9-10-43-18)40-30-13-20(33(41)42)7-8-28(30)38-31(40)14-22-12-26(36)23(15-25(22)35)27-3-2-4-32(39-27)44-17-21-6-5-19(16-37)11-24(21)34/h2*2-8,11-13,15,18,29H,9-10,14,17H2,1H3,(H,41,42)/t2*18-,29-/m11/s1. The van der Waals surface area contributed by atoms with Crippen molar-refractivity contribution in [3.63, 3.8) is 0 Å². The number of rotatable bonds is 16. The average Bonchev–Trinajstić information content (AvgIpc) is 3.14. The minimum Gasteiger partial charge on any atom is -0.478 e. The molecule has 22 heteroatoms. The molecule has 6 aromatic carbocycles. The van der Waals surface area contributed by atoms with Gasteiger partial charge in [-0.15, -0.1) is 0 Å². The number of nitrogens with zero attached hydrogens (tertiary/aromatic N) is 8. The number of carboxylic acid groups (broad SMARTS) is 2. The summed E-state index contributed by atoms with van der Waals surface area (Å²) in [5, 5.41) is 36.9. The van der Waals surface area contributed by atoms with E-state index in [4.69, 9.17) is 29.5 Å². The summed E-state index contributed by atoms with van der Waals surface area (Å²) in [7, 11) is 0. The van der Waals surface area contributed by atoms with Crippen molar-refractivity contribution in [3.8, 4) is 46.4 Å². The number of aromatic carboxylic acids is 2. The molecule has 0 aliphatic carbocycles. The van der Waals surface area contributed by atoms with Crippen LogP contribution < -0.4 is 9.47 Å².